The molecule has 5 rings (SSSR count). The highest BCUT2D eigenvalue weighted by Crippen LogP contribution is 2.46. The molecule has 3 aromatic rings. The van der Waals surface area contributed by atoms with Crippen molar-refractivity contribution in [3.05, 3.63) is 98.8 Å². The summed E-state index contributed by atoms with van der Waals surface area (Å²) in [6.45, 7) is 5.37. The third-order valence-electron chi connectivity index (χ3n) is 8.68. The number of allylic oxidation sites excluding steroid dienone is 1. The van der Waals surface area contributed by atoms with Crippen LogP contribution in [-0.4, -0.2) is 34.7 Å². The molecule has 1 aliphatic heterocycles. The number of ether oxygens (including phenoxy) is 1. The molecule has 0 bridgehead atoms. The number of cyclic esters (lactones) is 1. The Morgan fingerprint density at radius 2 is 1.62 bits per heavy atom. The van der Waals surface area contributed by atoms with Crippen molar-refractivity contribution in [1.82, 2.24) is 4.90 Å². The van der Waals surface area contributed by atoms with Gasteiger partial charge < -0.3 is 9.84 Å². The van der Waals surface area contributed by atoms with E-state index in [4.69, 9.17) is 16.3 Å². The number of carboxylic acids is 1. The van der Waals surface area contributed by atoms with Gasteiger partial charge in [-0.2, -0.15) is 26.3 Å². The van der Waals surface area contributed by atoms with Crippen LogP contribution in [0.2, 0.25) is 5.02 Å². The standard InChI is InChI=1S/C34H29ClF7NO4/c1-17-29(20-10-22(33(37,38)39)14-23(11-20)34(40,41)42)47-31(46)43(17)16-21-15-32(2,3)9-8-24(21)26-12-18(5-7-28(26)36)25-6-4-19(30(44)45)13-27(25)35/h4-7,10-14,17,29H,8-9,15-16H2,1-3H3,(H,44,45)/t17-,29-/m0/s1. The molecule has 0 radical (unpaired) electrons. The molecule has 1 aliphatic carbocycles. The van der Waals surface area contributed by atoms with Crippen LogP contribution in [0.5, 0.6) is 0 Å². The molecule has 1 N–H and O–H groups in total. The van der Waals surface area contributed by atoms with Gasteiger partial charge in [-0.05, 0) is 96.3 Å². The van der Waals surface area contributed by atoms with Gasteiger partial charge in [-0.3, -0.25) is 4.90 Å². The predicted octanol–water partition coefficient (Wildman–Crippen LogP) is 10.4. The average molecular weight is 684 g/mol. The van der Waals surface area contributed by atoms with Gasteiger partial charge in [-0.15, -0.1) is 0 Å². The Morgan fingerprint density at radius 1 is 0.979 bits per heavy atom. The molecule has 2 aliphatic rings. The van der Waals surface area contributed by atoms with E-state index in [-0.39, 0.29) is 34.2 Å². The maximum atomic E-state index is 15.5. The minimum absolute atomic E-state index is 0.0142. The second-order valence-corrected chi connectivity index (χ2v) is 13.0. The summed E-state index contributed by atoms with van der Waals surface area (Å²) in [6, 6.07) is 8.67. The summed E-state index contributed by atoms with van der Waals surface area (Å²) in [5, 5.41) is 9.42. The summed E-state index contributed by atoms with van der Waals surface area (Å²) in [5.41, 5.74) is -1.30. The molecule has 0 unspecified atom stereocenters. The van der Waals surface area contributed by atoms with Crippen molar-refractivity contribution in [3.63, 3.8) is 0 Å². The highest BCUT2D eigenvalue weighted by molar-refractivity contribution is 6.33. The molecular weight excluding hydrogens is 655 g/mol. The van der Waals surface area contributed by atoms with Gasteiger partial charge in [-0.25, -0.2) is 14.0 Å². The van der Waals surface area contributed by atoms with Gasteiger partial charge in [-0.1, -0.05) is 37.6 Å². The van der Waals surface area contributed by atoms with Crippen LogP contribution in [0.3, 0.4) is 0 Å². The minimum atomic E-state index is -5.07. The molecule has 0 spiro atoms. The molecule has 1 fully saturated rings. The fourth-order valence-corrected chi connectivity index (χ4v) is 6.49. The van der Waals surface area contributed by atoms with Gasteiger partial charge in [0.05, 0.1) is 22.7 Å². The molecule has 2 atom stereocenters. The number of carbonyl (C=O) groups is 2. The van der Waals surface area contributed by atoms with E-state index in [2.05, 4.69) is 0 Å². The average Bonchev–Trinajstić information content (AvgIpc) is 3.25. The topological polar surface area (TPSA) is 66.8 Å². The first-order valence-electron chi connectivity index (χ1n) is 14.6. The third kappa shape index (κ3) is 7.12. The number of hydrogen-bond donors (Lipinski definition) is 1. The number of rotatable bonds is 6. The highest BCUT2D eigenvalue weighted by atomic mass is 35.5. The summed E-state index contributed by atoms with van der Waals surface area (Å²) in [5.74, 6) is -1.72. The van der Waals surface area contributed by atoms with Gasteiger partial charge in [0.15, 0.2) is 0 Å². The van der Waals surface area contributed by atoms with Crippen LogP contribution < -0.4 is 0 Å². The van der Waals surface area contributed by atoms with Crippen molar-refractivity contribution < 1.29 is 50.2 Å². The van der Waals surface area contributed by atoms with E-state index in [1.165, 1.54) is 42.2 Å². The molecule has 13 heteroatoms. The van der Waals surface area contributed by atoms with Crippen LogP contribution in [0.4, 0.5) is 35.5 Å². The zero-order chi connectivity index (χ0) is 34.6. The van der Waals surface area contributed by atoms with Gasteiger partial charge in [0.2, 0.25) is 0 Å². The number of benzene rings is 3. The second kappa shape index (κ2) is 12.2. The Kier molecular flexibility index (Phi) is 8.89. The van der Waals surface area contributed by atoms with Crippen LogP contribution in [0.1, 0.15) is 78.7 Å². The van der Waals surface area contributed by atoms with Crippen molar-refractivity contribution in [2.24, 2.45) is 5.41 Å². The SMILES string of the molecule is C[C@H]1[C@@H](c2cc(C(F)(F)F)cc(C(F)(F)F)c2)OC(=O)N1CC1=C(c2cc(-c3ccc(C(=O)O)cc3Cl)ccc2F)CCC(C)(C)C1. The highest BCUT2D eigenvalue weighted by Gasteiger charge is 2.44. The van der Waals surface area contributed by atoms with Crippen LogP contribution in [0.15, 0.2) is 60.2 Å². The predicted molar refractivity (Wildman–Crippen MR) is 160 cm³/mol. The second-order valence-electron chi connectivity index (χ2n) is 12.6. The number of hydrogen-bond acceptors (Lipinski definition) is 3. The number of nitrogens with zero attached hydrogens (tertiary/aromatic N) is 1. The smallest absolute Gasteiger partial charge is 0.416 e. The first-order chi connectivity index (χ1) is 21.7. The normalized spacial score (nSPS) is 20.1. The summed E-state index contributed by atoms with van der Waals surface area (Å²) >= 11 is 6.38. The molecule has 250 valence electrons. The zero-order valence-electron chi connectivity index (χ0n) is 25.3. The zero-order valence-corrected chi connectivity index (χ0v) is 26.1. The number of halogens is 8. The van der Waals surface area contributed by atoms with E-state index < -0.39 is 59.1 Å². The van der Waals surface area contributed by atoms with Crippen LogP contribution >= 0.6 is 11.6 Å². The molecule has 3 aromatic carbocycles. The van der Waals surface area contributed by atoms with Crippen molar-refractivity contribution in [2.75, 3.05) is 6.54 Å². The summed E-state index contributed by atoms with van der Waals surface area (Å²) in [7, 11) is 0. The van der Waals surface area contributed by atoms with Gasteiger partial charge in [0, 0.05) is 22.7 Å². The maximum Gasteiger partial charge on any atom is 0.416 e. The molecule has 47 heavy (non-hydrogen) atoms. The Labute approximate surface area is 270 Å². The Balaban J connectivity index is 1.53. The Hall–Kier alpha value is -4.06. The van der Waals surface area contributed by atoms with Crippen molar-refractivity contribution >= 4 is 29.2 Å². The molecule has 1 amide bonds. The molecule has 0 saturated carbocycles. The first kappa shape index (κ1) is 34.3. The van der Waals surface area contributed by atoms with Gasteiger partial charge >= 0.3 is 24.4 Å². The molecule has 1 heterocycles. The van der Waals surface area contributed by atoms with E-state index >= 15 is 4.39 Å². The number of carbonyl (C=O) groups excluding carboxylic acids is 1. The van der Waals surface area contributed by atoms with E-state index in [1.807, 2.05) is 13.8 Å². The van der Waals surface area contributed by atoms with Gasteiger partial charge in [0.1, 0.15) is 11.9 Å². The van der Waals surface area contributed by atoms with Crippen molar-refractivity contribution in [2.45, 2.75) is 64.5 Å². The maximum absolute atomic E-state index is 15.5. The lowest BCUT2D eigenvalue weighted by Crippen LogP contribution is -2.35. The third-order valence-corrected chi connectivity index (χ3v) is 8.99. The molecular formula is C34H29ClF7NO4. The molecule has 1 saturated heterocycles. The lowest BCUT2D eigenvalue weighted by atomic mass is 9.72. The van der Waals surface area contributed by atoms with E-state index in [0.29, 0.717) is 53.7 Å². The number of amides is 1. The lowest BCUT2D eigenvalue weighted by Gasteiger charge is -2.35. The molecule has 5 nitrogen and oxygen atoms in total. The molecule has 0 aromatic heterocycles. The van der Waals surface area contributed by atoms with E-state index in [1.54, 1.807) is 6.07 Å². The van der Waals surface area contributed by atoms with Crippen molar-refractivity contribution in [3.8, 4) is 11.1 Å². The van der Waals surface area contributed by atoms with Crippen molar-refractivity contribution in [1.29, 1.82) is 0 Å². The fourth-order valence-electron chi connectivity index (χ4n) is 6.20. The minimum Gasteiger partial charge on any atom is -0.478 e. The van der Waals surface area contributed by atoms with E-state index in [0.717, 1.165) is 0 Å². The fraction of sp³-hybridized carbons (Fsp3) is 0.353. The number of aromatic carboxylic acids is 1. The van der Waals surface area contributed by atoms with Gasteiger partial charge in [0.25, 0.3) is 0 Å². The first-order valence-corrected chi connectivity index (χ1v) is 14.9. The largest absolute Gasteiger partial charge is 0.478 e. The summed E-state index contributed by atoms with van der Waals surface area (Å²) < 4.78 is 102. The monoisotopic (exact) mass is 683 g/mol. The lowest BCUT2D eigenvalue weighted by molar-refractivity contribution is -0.143. The van der Waals surface area contributed by atoms with Crippen LogP contribution in [0.25, 0.3) is 16.7 Å². The van der Waals surface area contributed by atoms with Crippen LogP contribution in [0, 0.1) is 11.2 Å². The van der Waals surface area contributed by atoms with Crippen LogP contribution in [-0.2, 0) is 17.1 Å². The summed E-state index contributed by atoms with van der Waals surface area (Å²) in [4.78, 5) is 25.7. The summed E-state index contributed by atoms with van der Waals surface area (Å²) in [6.07, 6.45) is -11.0. The Morgan fingerprint density at radius 3 is 2.19 bits per heavy atom. The van der Waals surface area contributed by atoms with E-state index in [9.17, 15) is 41.0 Å². The number of carboxylic acid groups (broad SMARTS) is 1. The quantitative estimate of drug-likeness (QED) is 0.263. The number of alkyl halides is 6. The Bertz CT molecular complexity index is 1750.